The molecule has 138 valence electrons. The van der Waals surface area contributed by atoms with Gasteiger partial charge in [0, 0.05) is 12.0 Å². The molecule has 0 radical (unpaired) electrons. The second kappa shape index (κ2) is 9.72. The van der Waals surface area contributed by atoms with E-state index in [0.29, 0.717) is 6.42 Å². The summed E-state index contributed by atoms with van der Waals surface area (Å²) in [6.45, 7) is 2.97. The monoisotopic (exact) mass is 358 g/mol. The highest BCUT2D eigenvalue weighted by Crippen LogP contribution is 2.23. The van der Waals surface area contributed by atoms with E-state index in [4.69, 9.17) is 4.74 Å². The van der Waals surface area contributed by atoms with Gasteiger partial charge < -0.3 is 4.74 Å². The average Bonchev–Trinajstić information content (AvgIpc) is 2.73. The first-order chi connectivity index (χ1) is 13.3. The topological polar surface area (TPSA) is 26.3 Å². The quantitative estimate of drug-likeness (QED) is 0.329. The molecule has 0 amide bonds. The molecule has 3 aromatic rings. The van der Waals surface area contributed by atoms with Gasteiger partial charge in [0.2, 0.25) is 0 Å². The molecule has 3 rings (SSSR count). The van der Waals surface area contributed by atoms with Gasteiger partial charge in [-0.2, -0.15) is 0 Å². The number of unbranched alkanes of at least 4 members (excludes halogenated alkanes) is 2. The van der Waals surface area contributed by atoms with Gasteiger partial charge in [-0.25, -0.2) is 0 Å². The van der Waals surface area contributed by atoms with Crippen LogP contribution < -0.4 is 4.74 Å². The van der Waals surface area contributed by atoms with Gasteiger partial charge >= 0.3 is 0 Å². The van der Waals surface area contributed by atoms with E-state index in [2.05, 4.69) is 31.2 Å². The lowest BCUT2D eigenvalue weighted by atomic mass is 9.99. The van der Waals surface area contributed by atoms with Crippen molar-refractivity contribution in [2.24, 2.45) is 0 Å². The van der Waals surface area contributed by atoms with E-state index in [0.717, 1.165) is 41.0 Å². The van der Waals surface area contributed by atoms with Crippen molar-refractivity contribution >= 4 is 5.78 Å². The molecular formula is C25H26O2. The highest BCUT2D eigenvalue weighted by molar-refractivity contribution is 5.97. The molecule has 0 spiro atoms. The van der Waals surface area contributed by atoms with Crippen LogP contribution in [0.3, 0.4) is 0 Å². The molecule has 0 N–H and O–H groups in total. The fourth-order valence-electron chi connectivity index (χ4n) is 3.01. The molecule has 2 nitrogen and oxygen atoms in total. The Kier molecular flexibility index (Phi) is 6.81. The summed E-state index contributed by atoms with van der Waals surface area (Å²) in [4.78, 5) is 12.3. The minimum absolute atomic E-state index is 0.146. The maximum Gasteiger partial charge on any atom is 0.167 e. The molecule has 0 atom stereocenters. The molecule has 0 bridgehead atoms. The highest BCUT2D eigenvalue weighted by Gasteiger charge is 2.07. The molecule has 27 heavy (non-hydrogen) atoms. The van der Waals surface area contributed by atoms with Crippen LogP contribution in [0, 0.1) is 0 Å². The number of carbonyl (C=O) groups excluding carboxylic acids is 1. The summed E-state index contributed by atoms with van der Waals surface area (Å²) in [5.74, 6) is 1.06. The van der Waals surface area contributed by atoms with Crippen LogP contribution in [0.5, 0.6) is 5.75 Å². The molecule has 0 saturated carbocycles. The first-order valence-corrected chi connectivity index (χ1v) is 9.66. The van der Waals surface area contributed by atoms with E-state index in [1.165, 1.54) is 12.8 Å². The third kappa shape index (κ3) is 5.55. The Hall–Kier alpha value is -2.87. The minimum Gasteiger partial charge on any atom is -0.494 e. The van der Waals surface area contributed by atoms with Gasteiger partial charge in [-0.1, -0.05) is 86.5 Å². The zero-order chi connectivity index (χ0) is 18.9. The summed E-state index contributed by atoms with van der Waals surface area (Å²) in [7, 11) is 0. The van der Waals surface area contributed by atoms with E-state index in [-0.39, 0.29) is 5.78 Å². The van der Waals surface area contributed by atoms with Gasteiger partial charge in [-0.05, 0) is 35.2 Å². The van der Waals surface area contributed by atoms with E-state index >= 15 is 0 Å². The van der Waals surface area contributed by atoms with Crippen molar-refractivity contribution in [2.75, 3.05) is 6.61 Å². The standard InChI is InChI=1S/C25H26O2/c1-2-3-7-18-27-24-16-14-22(15-17-24)21-12-10-20(11-13-21)19-25(26)23-8-5-4-6-9-23/h4-6,8-17H,2-3,7,18-19H2,1H3. The van der Waals surface area contributed by atoms with Crippen LogP contribution in [0.2, 0.25) is 0 Å². The summed E-state index contributed by atoms with van der Waals surface area (Å²) < 4.78 is 5.77. The van der Waals surface area contributed by atoms with E-state index in [1.54, 1.807) is 0 Å². The second-order valence-corrected chi connectivity index (χ2v) is 6.74. The van der Waals surface area contributed by atoms with Gasteiger partial charge in [-0.3, -0.25) is 4.79 Å². The van der Waals surface area contributed by atoms with E-state index in [1.807, 2.05) is 54.6 Å². The van der Waals surface area contributed by atoms with Crippen LogP contribution in [0.1, 0.15) is 42.1 Å². The van der Waals surface area contributed by atoms with Crippen LogP contribution in [0.25, 0.3) is 11.1 Å². The predicted molar refractivity (Wildman–Crippen MR) is 111 cm³/mol. The normalized spacial score (nSPS) is 10.6. The average molecular weight is 358 g/mol. The molecule has 0 saturated heterocycles. The molecule has 0 unspecified atom stereocenters. The van der Waals surface area contributed by atoms with Gasteiger partial charge in [-0.15, -0.1) is 0 Å². The minimum atomic E-state index is 0.146. The molecular weight excluding hydrogens is 332 g/mol. The zero-order valence-electron chi connectivity index (χ0n) is 15.9. The van der Waals surface area contributed by atoms with Crippen molar-refractivity contribution in [1.29, 1.82) is 0 Å². The predicted octanol–water partition coefficient (Wildman–Crippen LogP) is 6.35. The Balaban J connectivity index is 1.59. The van der Waals surface area contributed by atoms with Crippen LogP contribution in [0.4, 0.5) is 0 Å². The number of hydrogen-bond donors (Lipinski definition) is 0. The Morgan fingerprint density at radius 3 is 2.04 bits per heavy atom. The van der Waals surface area contributed by atoms with Gasteiger partial charge in [0.25, 0.3) is 0 Å². The number of ether oxygens (including phenoxy) is 1. The third-order valence-electron chi connectivity index (χ3n) is 4.62. The van der Waals surface area contributed by atoms with Crippen molar-refractivity contribution in [3.8, 4) is 16.9 Å². The second-order valence-electron chi connectivity index (χ2n) is 6.74. The first kappa shape index (κ1) is 18.9. The van der Waals surface area contributed by atoms with Crippen molar-refractivity contribution in [3.63, 3.8) is 0 Å². The van der Waals surface area contributed by atoms with Gasteiger partial charge in [0.05, 0.1) is 6.61 Å². The molecule has 0 heterocycles. The summed E-state index contributed by atoms with van der Waals surface area (Å²) in [5.41, 5.74) is 4.08. The van der Waals surface area contributed by atoms with E-state index < -0.39 is 0 Å². The highest BCUT2D eigenvalue weighted by atomic mass is 16.5. The summed E-state index contributed by atoms with van der Waals surface area (Å²) in [6, 6.07) is 25.9. The Morgan fingerprint density at radius 1 is 0.778 bits per heavy atom. The number of benzene rings is 3. The van der Waals surface area contributed by atoms with Crippen molar-refractivity contribution in [2.45, 2.75) is 32.6 Å². The molecule has 0 fully saturated rings. The van der Waals surface area contributed by atoms with Gasteiger partial charge in [0.1, 0.15) is 5.75 Å². The van der Waals surface area contributed by atoms with Crippen LogP contribution in [0.15, 0.2) is 78.9 Å². The number of hydrogen-bond acceptors (Lipinski definition) is 2. The Morgan fingerprint density at radius 2 is 1.41 bits per heavy atom. The summed E-state index contributed by atoms with van der Waals surface area (Å²) in [6.07, 6.45) is 3.93. The maximum absolute atomic E-state index is 12.3. The Labute approximate surface area is 161 Å². The molecule has 2 heteroatoms. The number of carbonyl (C=O) groups is 1. The SMILES string of the molecule is CCCCCOc1ccc(-c2ccc(CC(=O)c3ccccc3)cc2)cc1. The number of ketones is 1. The fraction of sp³-hybridized carbons (Fsp3) is 0.240. The molecule has 0 aromatic heterocycles. The Bertz CT molecular complexity index is 834. The number of Topliss-reactive ketones (excluding diaryl/α,β-unsaturated/α-hetero) is 1. The molecule has 3 aromatic carbocycles. The maximum atomic E-state index is 12.3. The first-order valence-electron chi connectivity index (χ1n) is 9.66. The summed E-state index contributed by atoms with van der Waals surface area (Å²) >= 11 is 0. The lowest BCUT2D eigenvalue weighted by Crippen LogP contribution is -2.02. The molecule has 0 aliphatic carbocycles. The third-order valence-corrected chi connectivity index (χ3v) is 4.62. The van der Waals surface area contributed by atoms with Crippen LogP contribution in [-0.2, 0) is 6.42 Å². The zero-order valence-corrected chi connectivity index (χ0v) is 15.9. The fourth-order valence-corrected chi connectivity index (χ4v) is 3.01. The number of rotatable bonds is 9. The van der Waals surface area contributed by atoms with Gasteiger partial charge in [0.15, 0.2) is 5.78 Å². The van der Waals surface area contributed by atoms with E-state index in [9.17, 15) is 4.79 Å². The molecule has 0 aliphatic rings. The largest absolute Gasteiger partial charge is 0.494 e. The summed E-state index contributed by atoms with van der Waals surface area (Å²) in [5, 5.41) is 0. The van der Waals surface area contributed by atoms with Crippen LogP contribution >= 0.6 is 0 Å². The lowest BCUT2D eigenvalue weighted by Gasteiger charge is -2.08. The van der Waals surface area contributed by atoms with Crippen LogP contribution in [-0.4, -0.2) is 12.4 Å². The molecule has 0 aliphatic heterocycles. The van der Waals surface area contributed by atoms with Crippen molar-refractivity contribution in [1.82, 2.24) is 0 Å². The lowest BCUT2D eigenvalue weighted by molar-refractivity contribution is 0.0993. The smallest absolute Gasteiger partial charge is 0.167 e. The van der Waals surface area contributed by atoms with Crippen molar-refractivity contribution < 1.29 is 9.53 Å². The van der Waals surface area contributed by atoms with Crippen molar-refractivity contribution in [3.05, 3.63) is 90.0 Å².